The molecule has 0 saturated carbocycles. The van der Waals surface area contributed by atoms with Gasteiger partial charge in [-0.2, -0.15) is 0 Å². The molecule has 5 nitrogen and oxygen atoms in total. The van der Waals surface area contributed by atoms with E-state index in [2.05, 4.69) is 17.0 Å². The van der Waals surface area contributed by atoms with Gasteiger partial charge >= 0.3 is 5.97 Å². The van der Waals surface area contributed by atoms with Crippen molar-refractivity contribution < 1.29 is 19.4 Å². The second kappa shape index (κ2) is 9.63. The Morgan fingerprint density at radius 3 is 2.43 bits per heavy atom. The van der Waals surface area contributed by atoms with Crippen LogP contribution in [0.1, 0.15) is 43.2 Å². The maximum atomic E-state index is 11.3. The first-order valence-corrected chi connectivity index (χ1v) is 10.8. The highest BCUT2D eigenvalue weighted by molar-refractivity contribution is 7.16. The summed E-state index contributed by atoms with van der Waals surface area (Å²) in [6, 6.07) is 10.0. The van der Waals surface area contributed by atoms with Gasteiger partial charge in [0.1, 0.15) is 0 Å². The molecule has 28 heavy (non-hydrogen) atoms. The van der Waals surface area contributed by atoms with Crippen LogP contribution >= 0.6 is 22.9 Å². The fraction of sp³-hybridized carbons (Fsp3) is 0.476. The molecule has 1 atom stereocenters. The van der Waals surface area contributed by atoms with Gasteiger partial charge in [0.2, 0.25) is 0 Å². The van der Waals surface area contributed by atoms with E-state index in [9.17, 15) is 9.90 Å². The van der Waals surface area contributed by atoms with Gasteiger partial charge in [-0.1, -0.05) is 17.7 Å². The van der Waals surface area contributed by atoms with Crippen molar-refractivity contribution >= 4 is 28.9 Å². The summed E-state index contributed by atoms with van der Waals surface area (Å²) >= 11 is 7.78. The number of benzene rings is 1. The molecule has 1 N–H and O–H groups in total. The SMILES string of the molecule is CCOc1ccc(C(c2ccc(Cl)s2)N2CCC(C(=O)O)CC2)cc1OCC. The maximum Gasteiger partial charge on any atom is 0.306 e. The third kappa shape index (κ3) is 4.80. The van der Waals surface area contributed by atoms with Crippen molar-refractivity contribution in [3.05, 3.63) is 45.1 Å². The number of carbonyl (C=O) groups is 1. The first-order chi connectivity index (χ1) is 13.5. The molecule has 1 fully saturated rings. The highest BCUT2D eigenvalue weighted by Crippen LogP contribution is 2.40. The third-order valence-corrected chi connectivity index (χ3v) is 6.27. The van der Waals surface area contributed by atoms with Gasteiger partial charge < -0.3 is 14.6 Å². The molecule has 1 aliphatic rings. The van der Waals surface area contributed by atoms with Crippen molar-refractivity contribution in [1.82, 2.24) is 4.90 Å². The Labute approximate surface area is 174 Å². The first kappa shape index (κ1) is 21.0. The minimum atomic E-state index is -0.699. The smallest absolute Gasteiger partial charge is 0.306 e. The molecule has 0 bridgehead atoms. The topological polar surface area (TPSA) is 59.0 Å². The minimum Gasteiger partial charge on any atom is -0.490 e. The Bertz CT molecular complexity index is 801. The van der Waals surface area contributed by atoms with Crippen molar-refractivity contribution in [1.29, 1.82) is 0 Å². The molecule has 1 aromatic heterocycles. The van der Waals surface area contributed by atoms with Crippen molar-refractivity contribution in [3.63, 3.8) is 0 Å². The molecule has 2 heterocycles. The lowest BCUT2D eigenvalue weighted by molar-refractivity contribution is -0.143. The van der Waals surface area contributed by atoms with E-state index in [1.54, 1.807) is 11.3 Å². The summed E-state index contributed by atoms with van der Waals surface area (Å²) in [5.41, 5.74) is 1.10. The predicted octanol–water partition coefficient (Wildman–Crippen LogP) is 5.08. The van der Waals surface area contributed by atoms with Crippen LogP contribution in [0.4, 0.5) is 0 Å². The molecular formula is C21H26ClNO4S. The summed E-state index contributed by atoms with van der Waals surface area (Å²) in [5.74, 6) is 0.508. The van der Waals surface area contributed by atoms with Crippen molar-refractivity contribution in [2.75, 3.05) is 26.3 Å². The number of hydrogen-bond donors (Lipinski definition) is 1. The fourth-order valence-electron chi connectivity index (χ4n) is 3.67. The summed E-state index contributed by atoms with van der Waals surface area (Å²) in [5, 5.41) is 9.31. The highest BCUT2D eigenvalue weighted by Gasteiger charge is 2.31. The number of nitrogens with zero attached hydrogens (tertiary/aromatic N) is 1. The van der Waals surface area contributed by atoms with E-state index in [1.807, 2.05) is 32.0 Å². The van der Waals surface area contributed by atoms with E-state index in [-0.39, 0.29) is 12.0 Å². The molecule has 2 aromatic rings. The van der Waals surface area contributed by atoms with Gasteiger partial charge in [-0.25, -0.2) is 0 Å². The monoisotopic (exact) mass is 423 g/mol. The predicted molar refractivity (Wildman–Crippen MR) is 112 cm³/mol. The average molecular weight is 424 g/mol. The second-order valence-electron chi connectivity index (χ2n) is 6.77. The van der Waals surface area contributed by atoms with Gasteiger partial charge in [-0.3, -0.25) is 9.69 Å². The molecule has 7 heteroatoms. The molecule has 1 aliphatic heterocycles. The van der Waals surface area contributed by atoms with E-state index >= 15 is 0 Å². The largest absolute Gasteiger partial charge is 0.490 e. The zero-order valence-corrected chi connectivity index (χ0v) is 17.8. The molecular weight excluding hydrogens is 398 g/mol. The lowest BCUT2D eigenvalue weighted by atomic mass is 9.93. The van der Waals surface area contributed by atoms with Crippen LogP contribution < -0.4 is 9.47 Å². The molecule has 152 valence electrons. The Morgan fingerprint density at radius 1 is 1.18 bits per heavy atom. The Kier molecular flexibility index (Phi) is 7.21. The first-order valence-electron chi connectivity index (χ1n) is 9.65. The van der Waals surface area contributed by atoms with E-state index in [0.29, 0.717) is 26.1 Å². The number of ether oxygens (including phenoxy) is 2. The number of rotatable bonds is 8. The zero-order valence-electron chi connectivity index (χ0n) is 16.2. The van der Waals surface area contributed by atoms with Crippen LogP contribution in [0, 0.1) is 5.92 Å². The van der Waals surface area contributed by atoms with Crippen LogP contribution in [-0.2, 0) is 4.79 Å². The molecule has 0 amide bonds. The summed E-state index contributed by atoms with van der Waals surface area (Å²) in [6.07, 6.45) is 1.31. The lowest BCUT2D eigenvalue weighted by Gasteiger charge is -2.36. The normalized spacial score (nSPS) is 16.7. The van der Waals surface area contributed by atoms with E-state index in [1.165, 1.54) is 0 Å². The van der Waals surface area contributed by atoms with Crippen LogP contribution in [0.3, 0.4) is 0 Å². The van der Waals surface area contributed by atoms with Crippen LogP contribution in [0.5, 0.6) is 11.5 Å². The van der Waals surface area contributed by atoms with Crippen LogP contribution in [0.2, 0.25) is 4.34 Å². The molecule has 0 aliphatic carbocycles. The fourth-order valence-corrected chi connectivity index (χ4v) is 4.90. The Hall–Kier alpha value is -1.76. The Morgan fingerprint density at radius 2 is 1.86 bits per heavy atom. The molecule has 3 rings (SSSR count). The standard InChI is InChI=1S/C21H26ClNO4S/c1-3-26-16-6-5-15(13-17(16)27-4-2)20(18-7-8-19(22)28-18)23-11-9-14(10-12-23)21(24)25/h5-8,13-14,20H,3-4,9-12H2,1-2H3,(H,24,25). The number of piperidine rings is 1. The number of aliphatic carboxylic acids is 1. The maximum absolute atomic E-state index is 11.3. The molecule has 1 unspecified atom stereocenters. The number of likely N-dealkylation sites (tertiary alicyclic amines) is 1. The second-order valence-corrected chi connectivity index (χ2v) is 8.51. The van der Waals surface area contributed by atoms with E-state index in [0.717, 1.165) is 39.4 Å². The molecule has 1 saturated heterocycles. The number of carboxylic acid groups (broad SMARTS) is 1. The quantitative estimate of drug-likeness (QED) is 0.641. The molecule has 1 aromatic carbocycles. The average Bonchev–Trinajstić information content (AvgIpc) is 3.10. The molecule has 0 spiro atoms. The van der Waals surface area contributed by atoms with Crippen LogP contribution in [0.15, 0.2) is 30.3 Å². The van der Waals surface area contributed by atoms with Crippen LogP contribution in [-0.4, -0.2) is 42.3 Å². The van der Waals surface area contributed by atoms with E-state index in [4.69, 9.17) is 21.1 Å². The van der Waals surface area contributed by atoms with Crippen molar-refractivity contribution in [2.24, 2.45) is 5.92 Å². The zero-order chi connectivity index (χ0) is 20.1. The highest BCUT2D eigenvalue weighted by atomic mass is 35.5. The van der Waals surface area contributed by atoms with Gasteiger partial charge in [0.25, 0.3) is 0 Å². The van der Waals surface area contributed by atoms with Gasteiger partial charge in [0, 0.05) is 4.88 Å². The van der Waals surface area contributed by atoms with E-state index < -0.39 is 5.97 Å². The van der Waals surface area contributed by atoms with Crippen molar-refractivity contribution in [3.8, 4) is 11.5 Å². The van der Waals surface area contributed by atoms with Gasteiger partial charge in [-0.15, -0.1) is 11.3 Å². The summed E-state index contributed by atoms with van der Waals surface area (Å²) < 4.78 is 12.3. The number of hydrogen-bond acceptors (Lipinski definition) is 5. The Balaban J connectivity index is 1.93. The lowest BCUT2D eigenvalue weighted by Crippen LogP contribution is -2.39. The summed E-state index contributed by atoms with van der Waals surface area (Å²) in [7, 11) is 0. The van der Waals surface area contributed by atoms with Gasteiger partial charge in [-0.05, 0) is 69.6 Å². The number of thiophene rings is 1. The number of carboxylic acids is 1. The number of halogens is 1. The van der Waals surface area contributed by atoms with Crippen molar-refractivity contribution in [2.45, 2.75) is 32.7 Å². The van der Waals surface area contributed by atoms with Gasteiger partial charge in [0.05, 0.1) is 29.5 Å². The summed E-state index contributed by atoms with van der Waals surface area (Å²) in [4.78, 5) is 14.8. The minimum absolute atomic E-state index is 0.0159. The van der Waals surface area contributed by atoms with Crippen LogP contribution in [0.25, 0.3) is 0 Å². The third-order valence-electron chi connectivity index (χ3n) is 4.99. The van der Waals surface area contributed by atoms with Gasteiger partial charge in [0.15, 0.2) is 11.5 Å². The summed E-state index contributed by atoms with van der Waals surface area (Å²) in [6.45, 7) is 6.50. The molecule has 0 radical (unpaired) electrons.